The minimum Gasteiger partial charge on any atom is -0.465 e. The Morgan fingerprint density at radius 1 is 1.03 bits per heavy atom. The molecule has 0 spiro atoms. The molecule has 3 rings (SSSR count). The van der Waals surface area contributed by atoms with E-state index in [0.717, 1.165) is 24.9 Å². The first-order valence-electron chi connectivity index (χ1n) is 10.4. The summed E-state index contributed by atoms with van der Waals surface area (Å²) < 4.78 is 0. The van der Waals surface area contributed by atoms with Gasteiger partial charge in [-0.25, -0.2) is 9.59 Å². The van der Waals surface area contributed by atoms with Crippen LogP contribution in [0.2, 0.25) is 0 Å². The third-order valence-corrected chi connectivity index (χ3v) is 4.86. The summed E-state index contributed by atoms with van der Waals surface area (Å²) in [5.74, 6) is -0.466. The van der Waals surface area contributed by atoms with Crippen LogP contribution >= 0.6 is 0 Å². The number of nitrogens with one attached hydrogen (secondary N) is 3. The van der Waals surface area contributed by atoms with Gasteiger partial charge in [-0.05, 0) is 50.7 Å². The van der Waals surface area contributed by atoms with E-state index < -0.39 is 12.0 Å². The molecule has 0 radical (unpaired) electrons. The summed E-state index contributed by atoms with van der Waals surface area (Å²) in [6.07, 6.45) is 2.38. The van der Waals surface area contributed by atoms with Crippen LogP contribution in [-0.2, 0) is 6.54 Å². The lowest BCUT2D eigenvalue weighted by atomic mass is 10.2. The first-order valence-corrected chi connectivity index (χ1v) is 10.4. The van der Waals surface area contributed by atoms with Gasteiger partial charge in [-0.1, -0.05) is 18.2 Å². The standard InChI is InChI=1S/C22H28N6O4/c1-27(2)11-12-28(21(30)24-16-8-9-16)14-15-7-10-19(23-13-15)20(29)25-17-5-3-4-6-18(17)26-22(31)32/h3-7,10,13,16,26H,8-9,11-12,14H2,1-2H3,(H,24,30)(H,25,29)(H,31,32). The molecular weight excluding hydrogens is 412 g/mol. The molecule has 0 bridgehead atoms. The van der Waals surface area contributed by atoms with E-state index in [0.29, 0.717) is 18.8 Å². The number of hydrogen-bond donors (Lipinski definition) is 4. The number of hydrogen-bond acceptors (Lipinski definition) is 5. The van der Waals surface area contributed by atoms with Crippen LogP contribution in [0.3, 0.4) is 0 Å². The zero-order chi connectivity index (χ0) is 23.1. The topological polar surface area (TPSA) is 127 Å². The summed E-state index contributed by atoms with van der Waals surface area (Å²) in [6, 6.07) is 10.0. The van der Waals surface area contributed by atoms with Gasteiger partial charge < -0.3 is 25.5 Å². The first-order chi connectivity index (χ1) is 15.3. The molecule has 1 aromatic heterocycles. The lowest BCUT2D eigenvalue weighted by Crippen LogP contribution is -2.43. The minimum absolute atomic E-state index is 0.0984. The smallest absolute Gasteiger partial charge is 0.409 e. The van der Waals surface area contributed by atoms with Crippen molar-refractivity contribution in [1.29, 1.82) is 0 Å². The number of carboxylic acid groups (broad SMARTS) is 1. The molecule has 1 aliphatic carbocycles. The SMILES string of the molecule is CN(C)CCN(Cc1ccc(C(=O)Nc2ccccc2NC(=O)O)nc1)C(=O)NC1CC1. The van der Waals surface area contributed by atoms with Gasteiger partial charge in [-0.15, -0.1) is 0 Å². The molecule has 0 saturated heterocycles. The number of likely N-dealkylation sites (N-methyl/N-ethyl adjacent to an activating group) is 1. The fourth-order valence-corrected chi connectivity index (χ4v) is 2.94. The van der Waals surface area contributed by atoms with Crippen molar-refractivity contribution in [2.75, 3.05) is 37.8 Å². The number of aromatic nitrogens is 1. The maximum Gasteiger partial charge on any atom is 0.409 e. The zero-order valence-corrected chi connectivity index (χ0v) is 18.2. The van der Waals surface area contributed by atoms with Crippen LogP contribution in [-0.4, -0.2) is 71.1 Å². The van der Waals surface area contributed by atoms with Gasteiger partial charge in [0.25, 0.3) is 5.91 Å². The monoisotopic (exact) mass is 440 g/mol. The van der Waals surface area contributed by atoms with Crippen LogP contribution < -0.4 is 16.0 Å². The molecule has 4 amide bonds. The van der Waals surface area contributed by atoms with Gasteiger partial charge in [0.05, 0.1) is 11.4 Å². The number of pyridine rings is 1. The molecule has 2 aromatic rings. The van der Waals surface area contributed by atoms with Crippen LogP contribution in [0, 0.1) is 0 Å². The van der Waals surface area contributed by atoms with Crippen LogP contribution in [0.1, 0.15) is 28.9 Å². The van der Waals surface area contributed by atoms with Crippen molar-refractivity contribution in [3.8, 4) is 0 Å². The van der Waals surface area contributed by atoms with Crippen molar-refractivity contribution in [1.82, 2.24) is 20.1 Å². The molecule has 1 saturated carbocycles. The normalized spacial score (nSPS) is 12.8. The Bertz CT molecular complexity index is 959. The molecule has 4 N–H and O–H groups in total. The molecule has 0 unspecified atom stereocenters. The highest BCUT2D eigenvalue weighted by atomic mass is 16.4. The first kappa shape index (κ1) is 23.0. The van der Waals surface area contributed by atoms with E-state index >= 15 is 0 Å². The van der Waals surface area contributed by atoms with Gasteiger partial charge >= 0.3 is 12.1 Å². The van der Waals surface area contributed by atoms with Gasteiger partial charge in [0.1, 0.15) is 5.69 Å². The fourth-order valence-electron chi connectivity index (χ4n) is 2.94. The minimum atomic E-state index is -1.22. The molecule has 170 valence electrons. The average Bonchev–Trinajstić information content (AvgIpc) is 3.56. The van der Waals surface area contributed by atoms with Crippen molar-refractivity contribution in [3.63, 3.8) is 0 Å². The Morgan fingerprint density at radius 3 is 2.28 bits per heavy atom. The van der Waals surface area contributed by atoms with Crippen LogP contribution in [0.4, 0.5) is 21.0 Å². The molecule has 0 aliphatic heterocycles. The van der Waals surface area contributed by atoms with E-state index in [1.807, 2.05) is 19.0 Å². The highest BCUT2D eigenvalue weighted by Gasteiger charge is 2.26. The number of anilines is 2. The summed E-state index contributed by atoms with van der Waals surface area (Å²) in [5, 5.41) is 16.9. The van der Waals surface area contributed by atoms with E-state index in [-0.39, 0.29) is 23.5 Å². The van der Waals surface area contributed by atoms with Crippen molar-refractivity contribution in [3.05, 3.63) is 53.9 Å². The van der Waals surface area contributed by atoms with E-state index in [4.69, 9.17) is 5.11 Å². The van der Waals surface area contributed by atoms with Gasteiger partial charge in [-0.2, -0.15) is 0 Å². The van der Waals surface area contributed by atoms with Crippen molar-refractivity contribution < 1.29 is 19.5 Å². The van der Waals surface area contributed by atoms with Crippen molar-refractivity contribution in [2.45, 2.75) is 25.4 Å². The average molecular weight is 441 g/mol. The fraction of sp³-hybridized carbons (Fsp3) is 0.364. The third kappa shape index (κ3) is 6.95. The number of rotatable bonds is 9. The number of benzene rings is 1. The van der Waals surface area contributed by atoms with Gasteiger partial charge in [0.2, 0.25) is 0 Å². The predicted molar refractivity (Wildman–Crippen MR) is 121 cm³/mol. The lowest BCUT2D eigenvalue weighted by molar-refractivity contribution is 0.102. The predicted octanol–water partition coefficient (Wildman–Crippen LogP) is 2.66. The van der Waals surface area contributed by atoms with Gasteiger partial charge in [0.15, 0.2) is 0 Å². The molecule has 1 heterocycles. The molecule has 10 nitrogen and oxygen atoms in total. The number of urea groups is 1. The molecule has 1 fully saturated rings. The number of carbonyl (C=O) groups excluding carboxylic acids is 2. The summed E-state index contributed by atoms with van der Waals surface area (Å²) >= 11 is 0. The molecular formula is C22H28N6O4. The maximum absolute atomic E-state index is 12.6. The van der Waals surface area contributed by atoms with E-state index in [1.165, 1.54) is 0 Å². The highest BCUT2D eigenvalue weighted by molar-refractivity contribution is 6.05. The Labute approximate surface area is 186 Å². The van der Waals surface area contributed by atoms with Crippen molar-refractivity contribution >= 4 is 29.4 Å². The second-order valence-corrected chi connectivity index (χ2v) is 7.93. The molecule has 32 heavy (non-hydrogen) atoms. The summed E-state index contributed by atoms with van der Waals surface area (Å²) in [5.41, 5.74) is 1.58. The highest BCUT2D eigenvalue weighted by Crippen LogP contribution is 2.22. The molecule has 10 heteroatoms. The van der Waals surface area contributed by atoms with Gasteiger partial charge in [0, 0.05) is 31.9 Å². The number of nitrogens with zero attached hydrogens (tertiary/aromatic N) is 3. The Morgan fingerprint density at radius 2 is 1.72 bits per heavy atom. The Hall–Kier alpha value is -3.66. The lowest BCUT2D eigenvalue weighted by Gasteiger charge is -2.24. The Kier molecular flexibility index (Phi) is 7.61. The maximum atomic E-state index is 12.6. The van der Waals surface area contributed by atoms with Gasteiger partial charge in [-0.3, -0.25) is 15.1 Å². The number of amides is 4. The molecule has 0 atom stereocenters. The number of carbonyl (C=O) groups is 3. The van der Waals surface area contributed by atoms with Crippen LogP contribution in [0.25, 0.3) is 0 Å². The van der Waals surface area contributed by atoms with Crippen LogP contribution in [0.5, 0.6) is 0 Å². The summed E-state index contributed by atoms with van der Waals surface area (Å²) in [7, 11) is 3.91. The summed E-state index contributed by atoms with van der Waals surface area (Å²) in [6.45, 7) is 1.68. The quantitative estimate of drug-likeness (QED) is 0.475. The van der Waals surface area contributed by atoms with E-state index in [2.05, 4.69) is 20.9 Å². The third-order valence-electron chi connectivity index (χ3n) is 4.86. The number of para-hydroxylation sites is 2. The zero-order valence-electron chi connectivity index (χ0n) is 18.2. The second-order valence-electron chi connectivity index (χ2n) is 7.93. The summed E-state index contributed by atoms with van der Waals surface area (Å²) in [4.78, 5) is 44.0. The van der Waals surface area contributed by atoms with E-state index in [9.17, 15) is 14.4 Å². The second kappa shape index (κ2) is 10.6. The van der Waals surface area contributed by atoms with Crippen molar-refractivity contribution in [2.24, 2.45) is 0 Å². The van der Waals surface area contributed by atoms with E-state index in [1.54, 1.807) is 47.5 Å². The molecule has 1 aromatic carbocycles. The molecule has 1 aliphatic rings. The Balaban J connectivity index is 1.64. The van der Waals surface area contributed by atoms with Crippen LogP contribution in [0.15, 0.2) is 42.6 Å². The largest absolute Gasteiger partial charge is 0.465 e.